The van der Waals surface area contributed by atoms with Gasteiger partial charge in [0.2, 0.25) is 16.9 Å². The van der Waals surface area contributed by atoms with E-state index in [0.717, 1.165) is 29.2 Å². The van der Waals surface area contributed by atoms with Crippen molar-refractivity contribution in [2.24, 2.45) is 0 Å². The summed E-state index contributed by atoms with van der Waals surface area (Å²) in [5.74, 6) is 0.302. The second-order valence-corrected chi connectivity index (χ2v) is 7.76. The molecule has 0 saturated carbocycles. The molecule has 32 heavy (non-hydrogen) atoms. The predicted octanol–water partition coefficient (Wildman–Crippen LogP) is 4.37. The van der Waals surface area contributed by atoms with Gasteiger partial charge >= 0.3 is 6.18 Å². The molecule has 1 aromatic heterocycles. The van der Waals surface area contributed by atoms with E-state index in [1.165, 1.54) is 17.0 Å². The lowest BCUT2D eigenvalue weighted by molar-refractivity contribution is -0.137. The van der Waals surface area contributed by atoms with Crippen molar-refractivity contribution in [3.05, 3.63) is 54.1 Å². The van der Waals surface area contributed by atoms with Crippen molar-refractivity contribution >= 4 is 34.2 Å². The Labute approximate surface area is 185 Å². The van der Waals surface area contributed by atoms with Gasteiger partial charge < -0.3 is 4.74 Å². The average Bonchev–Trinajstić information content (AvgIpc) is 3.40. The Bertz CT molecular complexity index is 1130. The minimum absolute atomic E-state index is 0.117. The van der Waals surface area contributed by atoms with Crippen LogP contribution in [0.5, 0.6) is 5.75 Å². The summed E-state index contributed by atoms with van der Waals surface area (Å²) in [6.45, 7) is 0. The molecule has 2 amide bonds. The summed E-state index contributed by atoms with van der Waals surface area (Å²) in [6, 6.07) is 10.4. The molecule has 0 radical (unpaired) electrons. The standard InChI is InChI=1S/C21H17F3N4O3S/c1-31-15-8-2-12(3-9-15)18-25-20(32-27-18)26-19(30)16-10-11-17(29)28(16)14-6-4-13(5-7-14)21(22,23)24/h2-9,16H,10-11H2,1H3,(H,25,26,27,30)/t16-/m0/s1. The van der Waals surface area contributed by atoms with Crippen LogP contribution in [0.3, 0.4) is 0 Å². The maximum Gasteiger partial charge on any atom is 0.416 e. The Kier molecular flexibility index (Phi) is 5.83. The molecule has 1 atom stereocenters. The van der Waals surface area contributed by atoms with Gasteiger partial charge in [0.1, 0.15) is 11.8 Å². The number of amides is 2. The van der Waals surface area contributed by atoms with Gasteiger partial charge in [0, 0.05) is 29.2 Å². The average molecular weight is 462 g/mol. The molecule has 166 valence electrons. The van der Waals surface area contributed by atoms with Crippen LogP contribution in [-0.4, -0.2) is 34.3 Å². The monoisotopic (exact) mass is 462 g/mol. The summed E-state index contributed by atoms with van der Waals surface area (Å²) in [7, 11) is 1.56. The lowest BCUT2D eigenvalue weighted by atomic mass is 10.1. The van der Waals surface area contributed by atoms with E-state index in [-0.39, 0.29) is 29.6 Å². The molecule has 4 rings (SSSR count). The fourth-order valence-electron chi connectivity index (χ4n) is 3.39. The number of carbonyl (C=O) groups is 2. The number of aromatic nitrogens is 2. The van der Waals surface area contributed by atoms with Crippen molar-refractivity contribution in [3.63, 3.8) is 0 Å². The summed E-state index contributed by atoms with van der Waals surface area (Å²) >= 11 is 0.991. The van der Waals surface area contributed by atoms with Crippen molar-refractivity contribution in [2.75, 3.05) is 17.3 Å². The van der Waals surface area contributed by atoms with E-state index in [2.05, 4.69) is 14.7 Å². The van der Waals surface area contributed by atoms with Gasteiger partial charge in [-0.25, -0.2) is 0 Å². The SMILES string of the molecule is COc1ccc(-c2nsc(NC(=O)[C@@H]3CCC(=O)N3c3ccc(C(F)(F)F)cc3)n2)cc1. The minimum Gasteiger partial charge on any atom is -0.497 e. The number of rotatable bonds is 5. The lowest BCUT2D eigenvalue weighted by Gasteiger charge is -2.24. The number of methoxy groups -OCH3 is 1. The van der Waals surface area contributed by atoms with Crippen LogP contribution in [0.2, 0.25) is 0 Å². The van der Waals surface area contributed by atoms with Crippen molar-refractivity contribution in [1.29, 1.82) is 0 Å². The maximum atomic E-state index is 12.8. The molecule has 2 aromatic carbocycles. The summed E-state index contributed by atoms with van der Waals surface area (Å²) < 4.78 is 47.8. The molecule has 3 aromatic rings. The van der Waals surface area contributed by atoms with Crippen molar-refractivity contribution in [3.8, 4) is 17.1 Å². The van der Waals surface area contributed by atoms with Gasteiger partial charge in [-0.3, -0.25) is 19.8 Å². The summed E-state index contributed by atoms with van der Waals surface area (Å²) in [4.78, 5) is 30.7. The molecule has 0 bridgehead atoms. The predicted molar refractivity (Wildman–Crippen MR) is 112 cm³/mol. The first-order chi connectivity index (χ1) is 15.3. The first-order valence-corrected chi connectivity index (χ1v) is 10.3. The summed E-state index contributed by atoms with van der Waals surface area (Å²) in [6.07, 6.45) is -4.12. The molecule has 11 heteroatoms. The molecule has 7 nitrogen and oxygen atoms in total. The number of anilines is 2. The van der Waals surface area contributed by atoms with Crippen LogP contribution >= 0.6 is 11.5 Å². The van der Waals surface area contributed by atoms with Crippen molar-refractivity contribution < 1.29 is 27.5 Å². The quantitative estimate of drug-likeness (QED) is 0.609. The molecule has 0 aliphatic carbocycles. The molecule has 2 heterocycles. The molecule has 1 saturated heterocycles. The van der Waals surface area contributed by atoms with Crippen molar-refractivity contribution in [2.45, 2.75) is 25.1 Å². The van der Waals surface area contributed by atoms with Gasteiger partial charge in [-0.1, -0.05) is 0 Å². The van der Waals surface area contributed by atoms with Crippen LogP contribution in [0.15, 0.2) is 48.5 Å². The van der Waals surface area contributed by atoms with E-state index in [4.69, 9.17) is 4.74 Å². The molecule has 1 N–H and O–H groups in total. The number of benzene rings is 2. The van der Waals surface area contributed by atoms with E-state index >= 15 is 0 Å². The Morgan fingerprint density at radius 3 is 2.47 bits per heavy atom. The highest BCUT2D eigenvalue weighted by molar-refractivity contribution is 7.10. The first-order valence-electron chi connectivity index (χ1n) is 9.54. The van der Waals surface area contributed by atoms with Crippen LogP contribution in [0.1, 0.15) is 18.4 Å². The normalized spacial score (nSPS) is 16.3. The Hall–Kier alpha value is -3.47. The molecule has 1 aliphatic rings. The number of carbonyl (C=O) groups excluding carboxylic acids is 2. The minimum atomic E-state index is -4.48. The molecule has 1 aliphatic heterocycles. The number of nitrogens with zero attached hydrogens (tertiary/aromatic N) is 3. The van der Waals surface area contributed by atoms with Gasteiger partial charge in [0.05, 0.1) is 12.7 Å². The van der Waals surface area contributed by atoms with Gasteiger partial charge in [0.15, 0.2) is 5.82 Å². The van der Waals surface area contributed by atoms with Crippen molar-refractivity contribution in [1.82, 2.24) is 9.36 Å². The van der Waals surface area contributed by atoms with E-state index < -0.39 is 23.7 Å². The third-order valence-corrected chi connectivity index (χ3v) is 5.62. The van der Waals surface area contributed by atoms with E-state index in [9.17, 15) is 22.8 Å². The third kappa shape index (κ3) is 4.42. The Balaban J connectivity index is 1.49. The zero-order chi connectivity index (χ0) is 22.9. The molecule has 1 fully saturated rings. The van der Waals surface area contributed by atoms with Crippen LogP contribution in [0, 0.1) is 0 Å². The van der Waals surface area contributed by atoms with Gasteiger partial charge in [-0.15, -0.1) is 0 Å². The van der Waals surface area contributed by atoms with E-state index in [1.807, 2.05) is 0 Å². The second-order valence-electron chi connectivity index (χ2n) is 7.00. The number of halogens is 3. The molecule has 0 unspecified atom stereocenters. The summed E-state index contributed by atoms with van der Waals surface area (Å²) in [5.41, 5.74) is 0.149. The fraction of sp³-hybridized carbons (Fsp3) is 0.238. The largest absolute Gasteiger partial charge is 0.497 e. The fourth-order valence-corrected chi connectivity index (χ4v) is 3.98. The molecular weight excluding hydrogens is 445 g/mol. The summed E-state index contributed by atoms with van der Waals surface area (Å²) in [5, 5.41) is 2.92. The number of nitrogens with one attached hydrogen (secondary N) is 1. The molecular formula is C21H17F3N4O3S. The smallest absolute Gasteiger partial charge is 0.416 e. The van der Waals surface area contributed by atoms with E-state index in [1.54, 1.807) is 31.4 Å². The zero-order valence-corrected chi connectivity index (χ0v) is 17.5. The topological polar surface area (TPSA) is 84.4 Å². The highest BCUT2D eigenvalue weighted by atomic mass is 32.1. The van der Waals surface area contributed by atoms with Gasteiger partial charge in [-0.05, 0) is 55.0 Å². The van der Waals surface area contributed by atoms with Crippen LogP contribution in [0.4, 0.5) is 24.0 Å². The highest BCUT2D eigenvalue weighted by Gasteiger charge is 2.38. The van der Waals surface area contributed by atoms with Crippen LogP contribution in [-0.2, 0) is 15.8 Å². The van der Waals surface area contributed by atoms with E-state index in [0.29, 0.717) is 11.6 Å². The Morgan fingerprint density at radius 2 is 1.84 bits per heavy atom. The first kappa shape index (κ1) is 21.8. The molecule has 0 spiro atoms. The van der Waals surface area contributed by atoms with Crippen LogP contribution < -0.4 is 15.0 Å². The lowest BCUT2D eigenvalue weighted by Crippen LogP contribution is -2.41. The number of hydrogen-bond acceptors (Lipinski definition) is 6. The second kappa shape index (κ2) is 8.58. The number of alkyl halides is 3. The van der Waals surface area contributed by atoms with Crippen LogP contribution in [0.25, 0.3) is 11.4 Å². The van der Waals surface area contributed by atoms with Gasteiger partial charge in [0.25, 0.3) is 0 Å². The highest BCUT2D eigenvalue weighted by Crippen LogP contribution is 2.33. The van der Waals surface area contributed by atoms with Gasteiger partial charge in [-0.2, -0.15) is 22.5 Å². The third-order valence-electron chi connectivity index (χ3n) is 4.99. The zero-order valence-electron chi connectivity index (χ0n) is 16.7. The maximum absolute atomic E-state index is 12.8. The number of ether oxygens (including phenoxy) is 1. The Morgan fingerprint density at radius 1 is 1.16 bits per heavy atom. The number of hydrogen-bond donors (Lipinski definition) is 1.